The SMILES string of the molecule is C=C[C@@H]1C[C@]1(NC(=O)[C@@H]1C[C@@H](Oc2nccc3ccccc23)CN1C(=O)[C@@H](Nc1cc(F)cc(C(F)(F)F)c1)C(C)(C)C)C(=O)NS(=O)(=O)C1CC1. The molecule has 5 atom stereocenters. The van der Waals surface area contributed by atoms with Crippen LogP contribution in [0.3, 0.4) is 0 Å². The summed E-state index contributed by atoms with van der Waals surface area (Å²) in [6, 6.07) is 8.43. The van der Waals surface area contributed by atoms with Gasteiger partial charge in [-0.1, -0.05) is 45.0 Å². The zero-order valence-corrected chi connectivity index (χ0v) is 29.5. The summed E-state index contributed by atoms with van der Waals surface area (Å²) in [5.41, 5.74) is -4.17. The van der Waals surface area contributed by atoms with Gasteiger partial charge in [-0.2, -0.15) is 13.2 Å². The first-order valence-corrected chi connectivity index (χ1v) is 18.3. The highest BCUT2D eigenvalue weighted by atomic mass is 32.2. The van der Waals surface area contributed by atoms with Gasteiger partial charge in [-0.05, 0) is 60.4 Å². The predicted molar refractivity (Wildman–Crippen MR) is 184 cm³/mol. The number of pyridine rings is 1. The Bertz CT molecular complexity index is 2030. The molecule has 278 valence electrons. The van der Waals surface area contributed by atoms with Crippen LogP contribution in [0.25, 0.3) is 10.8 Å². The Morgan fingerprint density at radius 1 is 1.10 bits per heavy atom. The molecule has 11 nitrogen and oxygen atoms in total. The summed E-state index contributed by atoms with van der Waals surface area (Å²) >= 11 is 0. The number of carbonyl (C=O) groups excluding carboxylic acids is 3. The summed E-state index contributed by atoms with van der Waals surface area (Å²) in [6.07, 6.45) is -1.86. The summed E-state index contributed by atoms with van der Waals surface area (Å²) in [7, 11) is -3.96. The van der Waals surface area contributed by atoms with Gasteiger partial charge < -0.3 is 20.3 Å². The van der Waals surface area contributed by atoms with E-state index in [-0.39, 0.29) is 31.0 Å². The van der Waals surface area contributed by atoms with Crippen LogP contribution in [0, 0.1) is 17.2 Å². The Kier molecular flexibility index (Phi) is 9.51. The van der Waals surface area contributed by atoms with E-state index in [1.54, 1.807) is 45.2 Å². The van der Waals surface area contributed by atoms with Gasteiger partial charge in [-0.3, -0.25) is 19.1 Å². The maximum Gasteiger partial charge on any atom is 0.416 e. The van der Waals surface area contributed by atoms with Crippen molar-refractivity contribution in [2.75, 3.05) is 11.9 Å². The van der Waals surface area contributed by atoms with Crippen molar-refractivity contribution in [1.82, 2.24) is 19.9 Å². The van der Waals surface area contributed by atoms with E-state index in [0.29, 0.717) is 30.4 Å². The predicted octanol–water partition coefficient (Wildman–Crippen LogP) is 4.94. The van der Waals surface area contributed by atoms with E-state index >= 15 is 0 Å². The fourth-order valence-corrected chi connectivity index (χ4v) is 7.92. The summed E-state index contributed by atoms with van der Waals surface area (Å²) < 4.78 is 88.8. The Hall–Kier alpha value is -4.73. The number of benzene rings is 2. The molecule has 3 amide bonds. The second kappa shape index (κ2) is 13.4. The molecule has 0 spiro atoms. The van der Waals surface area contributed by atoms with Crippen LogP contribution in [0.15, 0.2) is 67.4 Å². The fraction of sp³-hybridized carbons (Fsp3) is 0.444. The lowest BCUT2D eigenvalue weighted by atomic mass is 9.85. The molecule has 16 heteroatoms. The highest BCUT2D eigenvalue weighted by Gasteiger charge is 2.62. The van der Waals surface area contributed by atoms with Crippen molar-refractivity contribution in [1.29, 1.82) is 0 Å². The number of alkyl halides is 3. The lowest BCUT2D eigenvalue weighted by Crippen LogP contribution is -2.58. The number of likely N-dealkylation sites (tertiary alicyclic amines) is 1. The molecule has 2 aromatic carbocycles. The number of amides is 3. The summed E-state index contributed by atoms with van der Waals surface area (Å²) in [4.78, 5) is 47.7. The number of nitrogens with zero attached hydrogens (tertiary/aromatic N) is 2. The molecular weight excluding hydrogens is 706 g/mol. The maximum atomic E-state index is 14.5. The third-order valence-corrected chi connectivity index (χ3v) is 11.5. The van der Waals surface area contributed by atoms with E-state index in [1.807, 2.05) is 12.1 Å². The number of sulfonamides is 1. The first-order chi connectivity index (χ1) is 24.3. The Morgan fingerprint density at radius 3 is 2.44 bits per heavy atom. The topological polar surface area (TPSA) is 147 Å². The van der Waals surface area contributed by atoms with Gasteiger partial charge in [0.1, 0.15) is 29.5 Å². The largest absolute Gasteiger partial charge is 0.472 e. The number of aromatic nitrogens is 1. The van der Waals surface area contributed by atoms with Crippen molar-refractivity contribution in [2.45, 2.75) is 81.6 Å². The first-order valence-electron chi connectivity index (χ1n) is 16.8. The number of carbonyl (C=O) groups is 3. The smallest absolute Gasteiger partial charge is 0.416 e. The number of nitrogens with one attached hydrogen (secondary N) is 3. The quantitative estimate of drug-likeness (QED) is 0.185. The van der Waals surface area contributed by atoms with E-state index in [9.17, 15) is 40.4 Å². The molecule has 0 radical (unpaired) electrons. The monoisotopic (exact) mass is 745 g/mol. The number of fused-ring (bicyclic) bond motifs is 1. The molecule has 1 aromatic heterocycles. The molecule has 3 fully saturated rings. The minimum atomic E-state index is -4.86. The van der Waals surface area contributed by atoms with Crippen LogP contribution in [0.1, 0.15) is 52.0 Å². The second-order valence-corrected chi connectivity index (χ2v) is 16.6. The number of halogens is 4. The van der Waals surface area contributed by atoms with Crippen LogP contribution in [0.4, 0.5) is 23.2 Å². The average Bonchev–Trinajstić information content (AvgIpc) is 3.99. The van der Waals surface area contributed by atoms with Crippen molar-refractivity contribution < 1.29 is 45.1 Å². The lowest BCUT2D eigenvalue weighted by Gasteiger charge is -2.36. The van der Waals surface area contributed by atoms with Crippen LogP contribution >= 0.6 is 0 Å². The maximum absolute atomic E-state index is 14.5. The molecule has 1 saturated heterocycles. The Morgan fingerprint density at radius 2 is 1.81 bits per heavy atom. The van der Waals surface area contributed by atoms with E-state index in [4.69, 9.17) is 4.74 Å². The fourth-order valence-electron chi connectivity index (χ4n) is 6.56. The molecule has 1 aliphatic heterocycles. The van der Waals surface area contributed by atoms with Gasteiger partial charge in [-0.25, -0.2) is 17.8 Å². The van der Waals surface area contributed by atoms with Gasteiger partial charge in [0.25, 0.3) is 5.91 Å². The minimum Gasteiger partial charge on any atom is -0.472 e. The number of hydrogen-bond acceptors (Lipinski definition) is 8. The van der Waals surface area contributed by atoms with Gasteiger partial charge >= 0.3 is 6.18 Å². The van der Waals surface area contributed by atoms with Crippen LogP contribution in [0.5, 0.6) is 5.88 Å². The molecule has 3 N–H and O–H groups in total. The molecule has 52 heavy (non-hydrogen) atoms. The molecule has 2 saturated carbocycles. The third-order valence-electron chi connectivity index (χ3n) is 9.66. The normalized spacial score (nSPS) is 23.8. The Balaban J connectivity index is 1.32. The first kappa shape index (κ1) is 37.0. The standard InChI is InChI=1S/C36H39F4N5O6S/c1-5-21-18-35(21,33(48)44-52(49,50)26-10-11-26)43-30(46)28-17-25(51-31-27-9-7-6-8-20(27)12-13-41-31)19-45(28)32(47)29(34(2,3)4)42-24-15-22(36(38,39)40)14-23(37)16-24/h5-9,12-16,21,25-26,28-29,42H,1,10-11,17-19H2,2-4H3,(H,43,46)(H,44,48)/t21-,25-,28+,29-,35-/m1/s1. The van der Waals surface area contributed by atoms with E-state index in [0.717, 1.165) is 11.5 Å². The molecule has 0 unspecified atom stereocenters. The van der Waals surface area contributed by atoms with Crippen molar-refractivity contribution >= 4 is 44.2 Å². The third kappa shape index (κ3) is 7.57. The van der Waals surface area contributed by atoms with E-state index < -0.39 is 85.6 Å². The van der Waals surface area contributed by atoms with Crippen LogP contribution in [-0.2, 0) is 30.6 Å². The van der Waals surface area contributed by atoms with Crippen LogP contribution < -0.4 is 20.1 Å². The van der Waals surface area contributed by atoms with Crippen molar-refractivity contribution in [3.8, 4) is 5.88 Å². The number of rotatable bonds is 11. The summed E-state index contributed by atoms with van der Waals surface area (Å²) in [6.45, 7) is 8.53. The van der Waals surface area contributed by atoms with Gasteiger partial charge in [0.2, 0.25) is 27.7 Å². The van der Waals surface area contributed by atoms with E-state index in [2.05, 4.69) is 26.9 Å². The molecule has 2 aliphatic carbocycles. The second-order valence-electron chi connectivity index (χ2n) is 14.7. The zero-order valence-electron chi connectivity index (χ0n) is 28.7. The molecule has 2 heterocycles. The van der Waals surface area contributed by atoms with Gasteiger partial charge in [-0.15, -0.1) is 6.58 Å². The van der Waals surface area contributed by atoms with Gasteiger partial charge in [0.15, 0.2) is 0 Å². The molecule has 3 aliphatic rings. The minimum absolute atomic E-state index is 0.0715. The number of hydrogen-bond donors (Lipinski definition) is 3. The molecular formula is C36H39F4N5O6S. The van der Waals surface area contributed by atoms with Gasteiger partial charge in [0.05, 0.1) is 17.4 Å². The summed E-state index contributed by atoms with van der Waals surface area (Å²) in [5.74, 6) is -3.90. The van der Waals surface area contributed by atoms with Crippen molar-refractivity contribution in [3.63, 3.8) is 0 Å². The van der Waals surface area contributed by atoms with Crippen LogP contribution in [0.2, 0.25) is 0 Å². The zero-order chi connectivity index (χ0) is 37.8. The Labute approximate surface area is 298 Å². The van der Waals surface area contributed by atoms with Crippen LogP contribution in [-0.4, -0.2) is 71.5 Å². The van der Waals surface area contributed by atoms with Crippen molar-refractivity contribution in [2.24, 2.45) is 11.3 Å². The molecule has 3 aromatic rings. The molecule has 6 rings (SSSR count). The summed E-state index contributed by atoms with van der Waals surface area (Å²) in [5, 5.41) is 6.29. The lowest BCUT2D eigenvalue weighted by molar-refractivity contribution is -0.141. The average molecular weight is 746 g/mol. The highest BCUT2D eigenvalue weighted by Crippen LogP contribution is 2.46. The van der Waals surface area contributed by atoms with E-state index in [1.165, 1.54) is 11.0 Å². The van der Waals surface area contributed by atoms with Gasteiger partial charge in [0, 0.05) is 29.6 Å². The molecule has 0 bridgehead atoms. The number of ether oxygens (including phenoxy) is 1. The highest BCUT2D eigenvalue weighted by molar-refractivity contribution is 7.91. The number of anilines is 1. The van der Waals surface area contributed by atoms with Crippen molar-refractivity contribution in [3.05, 3.63) is 78.8 Å².